The minimum atomic E-state index is -5.04. The van der Waals surface area contributed by atoms with Gasteiger partial charge in [-0.25, -0.2) is 13.1 Å². The second-order valence-electron chi connectivity index (χ2n) is 5.84. The van der Waals surface area contributed by atoms with E-state index in [0.29, 0.717) is 12.5 Å². The number of nitrogens with zero attached hydrogens (tertiary/aromatic N) is 2. The van der Waals surface area contributed by atoms with Gasteiger partial charge in [0.25, 0.3) is 10.0 Å². The van der Waals surface area contributed by atoms with Crippen LogP contribution >= 0.6 is 0 Å². The zero-order valence-electron chi connectivity index (χ0n) is 14.6. The van der Waals surface area contributed by atoms with Crippen molar-refractivity contribution in [3.05, 3.63) is 66.1 Å². The van der Waals surface area contributed by atoms with Crippen LogP contribution in [0, 0.1) is 0 Å². The lowest BCUT2D eigenvalue weighted by Crippen LogP contribution is -2.13. The van der Waals surface area contributed by atoms with Crippen molar-refractivity contribution in [1.29, 1.82) is 0 Å². The summed E-state index contributed by atoms with van der Waals surface area (Å²) in [6, 6.07) is 12.9. The van der Waals surface area contributed by atoms with Crippen LogP contribution in [-0.4, -0.2) is 27.0 Å². The van der Waals surface area contributed by atoms with E-state index in [1.807, 2.05) is 37.3 Å². The molecule has 2 aromatic carbocycles. The van der Waals surface area contributed by atoms with Crippen molar-refractivity contribution in [3.63, 3.8) is 0 Å². The summed E-state index contributed by atoms with van der Waals surface area (Å²) in [6.45, 7) is 1.93. The SMILES string of the molecule is CCC(c1ccccc1)c1nnc(NS(=O)(=O)c2cccc(S(=O)(=O)F)c2)o1. The Kier molecular flexibility index (Phi) is 5.47. The second-order valence-corrected chi connectivity index (χ2v) is 8.86. The molecule has 0 saturated heterocycles. The highest BCUT2D eigenvalue weighted by Crippen LogP contribution is 2.28. The zero-order valence-corrected chi connectivity index (χ0v) is 16.2. The molecule has 8 nitrogen and oxygen atoms in total. The van der Waals surface area contributed by atoms with Crippen molar-refractivity contribution in [1.82, 2.24) is 10.2 Å². The Hall–Kier alpha value is -2.79. The predicted molar refractivity (Wildman–Crippen MR) is 98.4 cm³/mol. The van der Waals surface area contributed by atoms with Gasteiger partial charge in [0.15, 0.2) is 0 Å². The molecule has 0 amide bonds. The summed E-state index contributed by atoms with van der Waals surface area (Å²) in [5, 5.41) is 7.59. The molecule has 0 saturated carbocycles. The first-order chi connectivity index (χ1) is 13.2. The Bertz CT molecular complexity index is 1180. The minimum Gasteiger partial charge on any atom is -0.407 e. The number of sulfonamides is 1. The average molecular weight is 425 g/mol. The van der Waals surface area contributed by atoms with Crippen LogP contribution in [0.1, 0.15) is 30.7 Å². The molecule has 0 radical (unpaired) electrons. The quantitative estimate of drug-likeness (QED) is 0.578. The Morgan fingerprint density at radius 3 is 2.32 bits per heavy atom. The van der Waals surface area contributed by atoms with Crippen LogP contribution in [0.4, 0.5) is 9.90 Å². The Morgan fingerprint density at radius 2 is 1.68 bits per heavy atom. The normalized spacial score (nSPS) is 13.2. The molecule has 0 aliphatic carbocycles. The summed E-state index contributed by atoms with van der Waals surface area (Å²) in [5.41, 5.74) is 0.934. The topological polar surface area (TPSA) is 119 Å². The van der Waals surface area contributed by atoms with Crippen LogP contribution in [0.2, 0.25) is 0 Å². The smallest absolute Gasteiger partial charge is 0.332 e. The lowest BCUT2D eigenvalue weighted by Gasteiger charge is -2.10. The van der Waals surface area contributed by atoms with Gasteiger partial charge in [0.2, 0.25) is 5.89 Å². The highest BCUT2D eigenvalue weighted by molar-refractivity contribution is 7.92. The summed E-state index contributed by atoms with van der Waals surface area (Å²) in [7, 11) is -9.30. The molecule has 0 fully saturated rings. The summed E-state index contributed by atoms with van der Waals surface area (Å²) in [5.74, 6) is 0.0125. The molecule has 0 aliphatic rings. The van der Waals surface area contributed by atoms with Gasteiger partial charge in [-0.05, 0) is 30.2 Å². The minimum absolute atomic E-state index is 0.216. The Balaban J connectivity index is 1.87. The molecule has 1 atom stereocenters. The summed E-state index contributed by atoms with van der Waals surface area (Å²) in [6.07, 6.45) is 0.648. The molecule has 1 heterocycles. The molecule has 0 aliphatic heterocycles. The van der Waals surface area contributed by atoms with E-state index < -0.39 is 30.0 Å². The van der Waals surface area contributed by atoms with Gasteiger partial charge in [0, 0.05) is 0 Å². The van der Waals surface area contributed by atoms with Crippen LogP contribution in [0.3, 0.4) is 0 Å². The lowest BCUT2D eigenvalue weighted by atomic mass is 9.97. The highest BCUT2D eigenvalue weighted by Gasteiger charge is 2.23. The molecule has 1 N–H and O–H groups in total. The maximum atomic E-state index is 13.1. The highest BCUT2D eigenvalue weighted by atomic mass is 32.3. The number of hydrogen-bond donors (Lipinski definition) is 1. The number of rotatable bonds is 7. The molecule has 1 aromatic heterocycles. The number of nitrogens with one attached hydrogen (secondary N) is 1. The first-order valence-electron chi connectivity index (χ1n) is 8.16. The summed E-state index contributed by atoms with van der Waals surface area (Å²) < 4.78 is 67.5. The van der Waals surface area contributed by atoms with E-state index >= 15 is 0 Å². The number of benzene rings is 2. The largest absolute Gasteiger partial charge is 0.407 e. The van der Waals surface area contributed by atoms with E-state index in [2.05, 4.69) is 14.9 Å². The van der Waals surface area contributed by atoms with Gasteiger partial charge in [-0.1, -0.05) is 48.4 Å². The zero-order chi connectivity index (χ0) is 20.4. The fraction of sp³-hybridized carbons (Fsp3) is 0.176. The van der Waals surface area contributed by atoms with Gasteiger partial charge in [0.1, 0.15) is 0 Å². The van der Waals surface area contributed by atoms with Crippen LogP contribution in [0.25, 0.3) is 0 Å². The second kappa shape index (κ2) is 7.68. The van der Waals surface area contributed by atoms with Gasteiger partial charge in [0.05, 0.1) is 15.7 Å². The monoisotopic (exact) mass is 425 g/mol. The van der Waals surface area contributed by atoms with Crippen molar-refractivity contribution in [2.24, 2.45) is 0 Å². The van der Waals surface area contributed by atoms with Crippen LogP contribution in [-0.2, 0) is 20.2 Å². The standard InChI is InChI=1S/C17H16FN3O5S2/c1-2-15(12-7-4-3-5-8-12)16-19-20-17(26-16)21-28(24,25)14-10-6-9-13(11-14)27(18,22)23/h3-11,15H,2H2,1H3,(H,20,21). The maximum absolute atomic E-state index is 13.1. The summed E-state index contributed by atoms with van der Waals surface area (Å²) in [4.78, 5) is -1.22. The van der Waals surface area contributed by atoms with Gasteiger partial charge in [-0.15, -0.1) is 8.98 Å². The van der Waals surface area contributed by atoms with Crippen molar-refractivity contribution in [2.45, 2.75) is 29.1 Å². The Labute approximate surface area is 161 Å². The maximum Gasteiger partial charge on any atom is 0.332 e. The lowest BCUT2D eigenvalue weighted by molar-refractivity contribution is 0.476. The number of anilines is 1. The summed E-state index contributed by atoms with van der Waals surface area (Å²) >= 11 is 0. The van der Waals surface area contributed by atoms with E-state index in [1.165, 1.54) is 0 Å². The van der Waals surface area contributed by atoms with Crippen molar-refractivity contribution in [2.75, 3.05) is 4.72 Å². The van der Waals surface area contributed by atoms with E-state index in [-0.39, 0.29) is 17.8 Å². The average Bonchev–Trinajstić information content (AvgIpc) is 3.10. The van der Waals surface area contributed by atoms with E-state index in [4.69, 9.17) is 4.42 Å². The number of halogens is 1. The molecule has 11 heteroatoms. The van der Waals surface area contributed by atoms with E-state index in [1.54, 1.807) is 0 Å². The van der Waals surface area contributed by atoms with Crippen molar-refractivity contribution in [3.8, 4) is 0 Å². The van der Waals surface area contributed by atoms with Gasteiger partial charge < -0.3 is 4.42 Å². The first-order valence-corrected chi connectivity index (χ1v) is 11.0. The van der Waals surface area contributed by atoms with Gasteiger partial charge in [-0.3, -0.25) is 0 Å². The Morgan fingerprint density at radius 1 is 1.00 bits per heavy atom. The van der Waals surface area contributed by atoms with Crippen molar-refractivity contribution < 1.29 is 25.1 Å². The van der Waals surface area contributed by atoms with E-state index in [9.17, 15) is 20.7 Å². The van der Waals surface area contributed by atoms with Gasteiger partial charge in [-0.2, -0.15) is 8.42 Å². The molecule has 3 rings (SSSR count). The third kappa shape index (κ3) is 4.37. The molecule has 28 heavy (non-hydrogen) atoms. The number of aromatic nitrogens is 2. The molecule has 3 aromatic rings. The first kappa shape index (κ1) is 20.0. The fourth-order valence-corrected chi connectivity index (χ4v) is 4.18. The molecule has 148 valence electrons. The third-order valence-corrected chi connectivity index (χ3v) is 6.10. The third-order valence-electron chi connectivity index (χ3n) is 3.97. The molecule has 1 unspecified atom stereocenters. The van der Waals surface area contributed by atoms with E-state index in [0.717, 1.165) is 23.8 Å². The molecule has 0 bridgehead atoms. The van der Waals surface area contributed by atoms with Crippen LogP contribution < -0.4 is 4.72 Å². The molecular formula is C17H16FN3O5S2. The number of hydrogen-bond acceptors (Lipinski definition) is 7. The van der Waals surface area contributed by atoms with Gasteiger partial charge >= 0.3 is 16.2 Å². The molecule has 0 spiro atoms. The van der Waals surface area contributed by atoms with Crippen LogP contribution in [0.5, 0.6) is 0 Å². The molecular weight excluding hydrogens is 409 g/mol. The van der Waals surface area contributed by atoms with Crippen molar-refractivity contribution >= 4 is 26.3 Å². The fourth-order valence-electron chi connectivity index (χ4n) is 2.62. The predicted octanol–water partition coefficient (Wildman–Crippen LogP) is 3.07. The van der Waals surface area contributed by atoms with Crippen LogP contribution in [0.15, 0.2) is 68.8 Å².